The van der Waals surface area contributed by atoms with Crippen LogP contribution in [0.2, 0.25) is 0 Å². The molecule has 0 heterocycles. The molecular formula is C16H17LiO2P+. The quantitative estimate of drug-likeness (QED) is 0.621. The Labute approximate surface area is 134 Å². The van der Waals surface area contributed by atoms with Gasteiger partial charge in [0.05, 0.1) is 5.56 Å². The zero-order valence-electron chi connectivity index (χ0n) is 13.3. The third-order valence-electron chi connectivity index (χ3n) is 3.07. The van der Waals surface area contributed by atoms with Crippen molar-refractivity contribution in [2.75, 3.05) is 0 Å². The minimum Gasteiger partial charge on any atom is -1.00 e. The summed E-state index contributed by atoms with van der Waals surface area (Å²) in [5, 5.41) is 0.585. The number of hydrogen-bond acceptors (Lipinski definition) is 2. The van der Waals surface area contributed by atoms with Gasteiger partial charge in [-0.05, 0) is 44.0 Å². The normalized spacial score (nSPS) is 10.7. The molecule has 0 aliphatic rings. The van der Waals surface area contributed by atoms with Crippen LogP contribution in [0.3, 0.4) is 0 Å². The van der Waals surface area contributed by atoms with Crippen LogP contribution in [0.1, 0.15) is 28.5 Å². The molecule has 1 atom stereocenters. The molecule has 0 saturated carbocycles. The molecule has 0 aliphatic heterocycles. The van der Waals surface area contributed by atoms with Gasteiger partial charge >= 0.3 is 32.2 Å². The summed E-state index contributed by atoms with van der Waals surface area (Å²) in [7, 11) is -2.04. The molecule has 98 valence electrons. The van der Waals surface area contributed by atoms with E-state index in [4.69, 9.17) is 0 Å². The molecule has 20 heavy (non-hydrogen) atoms. The Morgan fingerprint density at radius 2 is 1.50 bits per heavy atom. The first-order valence-corrected chi connectivity index (χ1v) is 7.41. The molecule has 4 heteroatoms. The van der Waals surface area contributed by atoms with Crippen LogP contribution in [0.4, 0.5) is 0 Å². The van der Waals surface area contributed by atoms with Crippen LogP contribution in [0, 0.1) is 20.8 Å². The number of carbonyl (C=O) groups excluding carboxylic acids is 1. The van der Waals surface area contributed by atoms with Crippen LogP contribution < -0.4 is 24.2 Å². The standard InChI is InChI=1S/C16H16O2P.Li.H/c1-11-9-12(2)15(13(3)10-11)16(17)19(18)14-7-5-4-6-8-14;;/h4-10H,1-3H3;;/q2*+1;-1. The monoisotopic (exact) mass is 279 g/mol. The average Bonchev–Trinajstić information content (AvgIpc) is 2.37. The fourth-order valence-electron chi connectivity index (χ4n) is 2.30. The molecule has 2 rings (SSSR count). The topological polar surface area (TPSA) is 34.1 Å². The van der Waals surface area contributed by atoms with Gasteiger partial charge in [-0.25, -0.2) is 4.79 Å². The third-order valence-corrected chi connectivity index (χ3v) is 4.43. The van der Waals surface area contributed by atoms with Crippen molar-refractivity contribution in [3.05, 3.63) is 64.7 Å². The van der Waals surface area contributed by atoms with Crippen molar-refractivity contribution < 1.29 is 29.6 Å². The zero-order chi connectivity index (χ0) is 14.0. The smallest absolute Gasteiger partial charge is 1.00 e. The first-order valence-electron chi connectivity index (χ1n) is 6.15. The molecule has 0 aromatic heterocycles. The second-order valence-electron chi connectivity index (χ2n) is 4.71. The molecular weight excluding hydrogens is 262 g/mol. The number of hydrogen-bond donors (Lipinski definition) is 0. The molecule has 1 unspecified atom stereocenters. The molecule has 0 amide bonds. The summed E-state index contributed by atoms with van der Waals surface area (Å²) in [5.41, 5.74) is 3.21. The van der Waals surface area contributed by atoms with E-state index in [1.807, 2.05) is 39.0 Å². The van der Waals surface area contributed by atoms with Gasteiger partial charge in [-0.15, -0.1) is 0 Å². The molecule has 0 fully saturated rings. The van der Waals surface area contributed by atoms with E-state index in [9.17, 15) is 9.36 Å². The number of carbonyl (C=O) groups is 1. The van der Waals surface area contributed by atoms with Gasteiger partial charge in [-0.2, -0.15) is 0 Å². The maximum absolute atomic E-state index is 12.4. The summed E-state index contributed by atoms with van der Waals surface area (Å²) >= 11 is 0. The molecule has 0 N–H and O–H groups in total. The number of rotatable bonds is 3. The van der Waals surface area contributed by atoms with E-state index in [2.05, 4.69) is 0 Å². The van der Waals surface area contributed by atoms with Crippen molar-refractivity contribution >= 4 is 18.6 Å². The molecule has 2 aromatic rings. The first-order chi connectivity index (χ1) is 9.00. The Hall–Kier alpha value is -1.19. The Kier molecular flexibility index (Phi) is 5.90. The molecule has 2 nitrogen and oxygen atoms in total. The fraction of sp³-hybridized carbons (Fsp3) is 0.188. The maximum Gasteiger partial charge on any atom is 1.00 e. The van der Waals surface area contributed by atoms with Crippen LogP contribution in [-0.4, -0.2) is 5.52 Å². The minimum atomic E-state index is -2.04. The van der Waals surface area contributed by atoms with Crippen molar-refractivity contribution in [3.63, 3.8) is 0 Å². The number of aryl methyl sites for hydroxylation is 3. The van der Waals surface area contributed by atoms with E-state index in [-0.39, 0.29) is 25.8 Å². The van der Waals surface area contributed by atoms with Crippen LogP contribution in [0.25, 0.3) is 0 Å². The van der Waals surface area contributed by atoms with Gasteiger partial charge in [0, 0.05) is 0 Å². The van der Waals surface area contributed by atoms with Gasteiger partial charge < -0.3 is 1.43 Å². The molecule has 0 spiro atoms. The van der Waals surface area contributed by atoms with Crippen molar-refractivity contribution in [1.29, 1.82) is 0 Å². The summed E-state index contributed by atoms with van der Waals surface area (Å²) in [6, 6.07) is 12.8. The summed E-state index contributed by atoms with van der Waals surface area (Å²) in [6.07, 6.45) is 0. The van der Waals surface area contributed by atoms with E-state index < -0.39 is 7.80 Å². The summed E-state index contributed by atoms with van der Waals surface area (Å²) in [4.78, 5) is 12.4. The van der Waals surface area contributed by atoms with Gasteiger partial charge in [0.1, 0.15) is 0 Å². The largest absolute Gasteiger partial charge is 1.00 e. The summed E-state index contributed by atoms with van der Waals surface area (Å²) in [6.45, 7) is 5.77. The van der Waals surface area contributed by atoms with Crippen LogP contribution in [-0.2, 0) is 4.57 Å². The third kappa shape index (κ3) is 3.47. The van der Waals surface area contributed by atoms with Crippen molar-refractivity contribution in [2.45, 2.75) is 20.8 Å². The van der Waals surface area contributed by atoms with Crippen molar-refractivity contribution in [2.24, 2.45) is 0 Å². The van der Waals surface area contributed by atoms with Crippen LogP contribution >= 0.6 is 7.80 Å². The Bertz CT molecular complexity index is 634. The number of benzene rings is 2. The zero-order valence-corrected chi connectivity index (χ0v) is 13.2. The van der Waals surface area contributed by atoms with Crippen molar-refractivity contribution in [1.82, 2.24) is 0 Å². The van der Waals surface area contributed by atoms with Crippen LogP contribution in [0.15, 0.2) is 42.5 Å². The molecule has 0 bridgehead atoms. The molecule has 0 saturated heterocycles. The molecule has 2 aromatic carbocycles. The van der Waals surface area contributed by atoms with Gasteiger partial charge in [-0.1, -0.05) is 40.5 Å². The summed E-state index contributed by atoms with van der Waals surface area (Å²) in [5.74, 6) is 0. The maximum atomic E-state index is 12.4. The first kappa shape index (κ1) is 16.9. The molecule has 0 aliphatic carbocycles. The Balaban J connectivity index is 0.00000200. The Morgan fingerprint density at radius 3 is 2.00 bits per heavy atom. The van der Waals surface area contributed by atoms with E-state index in [0.717, 1.165) is 16.7 Å². The fourth-order valence-corrected chi connectivity index (χ4v) is 3.53. The summed E-state index contributed by atoms with van der Waals surface area (Å²) < 4.78 is 12.3. The van der Waals surface area contributed by atoms with Gasteiger partial charge in [0.25, 0.3) is 0 Å². The predicted octanol–water partition coefficient (Wildman–Crippen LogP) is 1.02. The minimum absolute atomic E-state index is 0. The average molecular weight is 279 g/mol. The second-order valence-corrected chi connectivity index (χ2v) is 6.22. The van der Waals surface area contributed by atoms with E-state index in [1.165, 1.54) is 0 Å². The molecule has 0 radical (unpaired) electrons. The van der Waals surface area contributed by atoms with Gasteiger partial charge in [0.15, 0.2) is 5.30 Å². The van der Waals surface area contributed by atoms with Gasteiger partial charge in [-0.3, -0.25) is 0 Å². The predicted molar refractivity (Wildman–Crippen MR) is 79.8 cm³/mol. The van der Waals surface area contributed by atoms with E-state index in [0.29, 0.717) is 10.9 Å². The second kappa shape index (κ2) is 7.00. The van der Waals surface area contributed by atoms with E-state index >= 15 is 0 Å². The van der Waals surface area contributed by atoms with Crippen molar-refractivity contribution in [3.8, 4) is 0 Å². The van der Waals surface area contributed by atoms with E-state index in [1.54, 1.807) is 24.3 Å². The van der Waals surface area contributed by atoms with Crippen LogP contribution in [0.5, 0.6) is 0 Å². The van der Waals surface area contributed by atoms with Gasteiger partial charge in [0.2, 0.25) is 0 Å². The SMILES string of the molecule is Cc1cc(C)c(C(=O)[P+](=O)c2ccccc2)c(C)c1.[H-].[Li+]. The Morgan fingerprint density at radius 1 is 1.00 bits per heavy atom.